The highest BCUT2D eigenvalue weighted by molar-refractivity contribution is 5.76. The van der Waals surface area contributed by atoms with Crippen LogP contribution >= 0.6 is 0 Å². The smallest absolute Gasteiger partial charge is 0.222 e. The first-order chi connectivity index (χ1) is 9.79. The molecule has 1 heterocycles. The minimum Gasteiger partial charge on any atom is -0.381 e. The second-order valence-corrected chi connectivity index (χ2v) is 4.66. The number of nitrogens with one attached hydrogen (secondary N) is 2. The summed E-state index contributed by atoms with van der Waals surface area (Å²) in [4.78, 5) is 19.3. The molecule has 0 unspecified atom stereocenters. The third kappa shape index (κ3) is 4.35. The van der Waals surface area contributed by atoms with Crippen LogP contribution in [0, 0.1) is 0 Å². The normalized spacial score (nSPS) is 10.8. The molecule has 0 aliphatic heterocycles. The fourth-order valence-corrected chi connectivity index (χ4v) is 1.94. The van der Waals surface area contributed by atoms with Crippen molar-refractivity contribution >= 4 is 16.9 Å². The maximum absolute atomic E-state index is 11.5. The van der Waals surface area contributed by atoms with E-state index in [4.69, 9.17) is 4.74 Å². The SMILES string of the molecule is CCCOCCC(=O)NCCc1nc2ccccc2[nH]1. The van der Waals surface area contributed by atoms with Crippen molar-refractivity contribution in [1.82, 2.24) is 15.3 Å². The number of carbonyl (C=O) groups is 1. The number of aromatic nitrogens is 2. The molecule has 5 nitrogen and oxygen atoms in total. The average Bonchev–Trinajstić information content (AvgIpc) is 2.86. The highest BCUT2D eigenvalue weighted by Gasteiger charge is 2.04. The van der Waals surface area contributed by atoms with E-state index in [0.717, 1.165) is 23.3 Å². The molecule has 0 radical (unpaired) electrons. The summed E-state index contributed by atoms with van der Waals surface area (Å²) < 4.78 is 5.28. The van der Waals surface area contributed by atoms with E-state index < -0.39 is 0 Å². The number of aromatic amines is 1. The van der Waals surface area contributed by atoms with E-state index in [-0.39, 0.29) is 5.91 Å². The number of carbonyl (C=O) groups excluding carboxylic acids is 1. The van der Waals surface area contributed by atoms with Gasteiger partial charge in [-0.25, -0.2) is 4.98 Å². The van der Waals surface area contributed by atoms with Crippen LogP contribution in [0.4, 0.5) is 0 Å². The van der Waals surface area contributed by atoms with Crippen molar-refractivity contribution in [3.8, 4) is 0 Å². The Hall–Kier alpha value is -1.88. The van der Waals surface area contributed by atoms with Crippen LogP contribution in [-0.2, 0) is 16.0 Å². The lowest BCUT2D eigenvalue weighted by Crippen LogP contribution is -2.26. The van der Waals surface area contributed by atoms with Crippen molar-refractivity contribution < 1.29 is 9.53 Å². The lowest BCUT2D eigenvalue weighted by molar-refractivity contribution is -0.122. The van der Waals surface area contributed by atoms with Gasteiger partial charge < -0.3 is 15.0 Å². The monoisotopic (exact) mass is 275 g/mol. The molecule has 1 aromatic carbocycles. The molecular weight excluding hydrogens is 254 g/mol. The van der Waals surface area contributed by atoms with Crippen molar-refractivity contribution in [3.05, 3.63) is 30.1 Å². The number of para-hydroxylation sites is 2. The topological polar surface area (TPSA) is 67.0 Å². The summed E-state index contributed by atoms with van der Waals surface area (Å²) in [5.74, 6) is 0.922. The van der Waals surface area contributed by atoms with Crippen LogP contribution in [0.5, 0.6) is 0 Å². The third-order valence-electron chi connectivity index (χ3n) is 2.94. The van der Waals surface area contributed by atoms with Crippen LogP contribution in [0.15, 0.2) is 24.3 Å². The van der Waals surface area contributed by atoms with Gasteiger partial charge in [0.15, 0.2) is 0 Å². The molecule has 2 rings (SSSR count). The van der Waals surface area contributed by atoms with Gasteiger partial charge in [0.2, 0.25) is 5.91 Å². The molecule has 20 heavy (non-hydrogen) atoms. The number of fused-ring (bicyclic) bond motifs is 1. The predicted octanol–water partition coefficient (Wildman–Crippen LogP) is 2.04. The molecule has 0 atom stereocenters. The zero-order valence-corrected chi connectivity index (χ0v) is 11.8. The number of imidazole rings is 1. The van der Waals surface area contributed by atoms with Crippen LogP contribution in [0.1, 0.15) is 25.6 Å². The molecule has 0 fully saturated rings. The van der Waals surface area contributed by atoms with Gasteiger partial charge in [-0.15, -0.1) is 0 Å². The predicted molar refractivity (Wildman–Crippen MR) is 78.5 cm³/mol. The van der Waals surface area contributed by atoms with Crippen molar-refractivity contribution in [2.45, 2.75) is 26.2 Å². The van der Waals surface area contributed by atoms with Crippen LogP contribution in [0.3, 0.4) is 0 Å². The van der Waals surface area contributed by atoms with E-state index in [2.05, 4.69) is 15.3 Å². The Morgan fingerprint density at radius 3 is 3.00 bits per heavy atom. The maximum Gasteiger partial charge on any atom is 0.222 e. The first-order valence-corrected chi connectivity index (χ1v) is 7.07. The standard InChI is InChI=1S/C15H21N3O2/c1-2-10-20-11-8-15(19)16-9-7-14-17-12-5-3-4-6-13(12)18-14/h3-6H,2,7-11H2,1H3,(H,16,19)(H,17,18). The van der Waals surface area contributed by atoms with Gasteiger partial charge >= 0.3 is 0 Å². The lowest BCUT2D eigenvalue weighted by atomic mass is 10.3. The molecule has 0 aliphatic rings. The Balaban J connectivity index is 1.68. The number of nitrogens with zero attached hydrogens (tertiary/aromatic N) is 1. The molecule has 2 aromatic rings. The van der Waals surface area contributed by atoms with Gasteiger partial charge in [-0.1, -0.05) is 19.1 Å². The Labute approximate surface area is 118 Å². The minimum atomic E-state index is 0.0252. The zero-order valence-electron chi connectivity index (χ0n) is 11.8. The fourth-order valence-electron chi connectivity index (χ4n) is 1.94. The van der Waals surface area contributed by atoms with Crippen molar-refractivity contribution in [2.75, 3.05) is 19.8 Å². The fraction of sp³-hybridized carbons (Fsp3) is 0.467. The largest absolute Gasteiger partial charge is 0.381 e. The molecule has 1 aromatic heterocycles. The molecule has 1 amide bonds. The summed E-state index contributed by atoms with van der Waals surface area (Å²) in [5, 5.41) is 2.87. The summed E-state index contributed by atoms with van der Waals surface area (Å²) in [6.45, 7) is 3.84. The summed E-state index contributed by atoms with van der Waals surface area (Å²) in [7, 11) is 0. The summed E-state index contributed by atoms with van der Waals surface area (Å²) in [6, 6.07) is 7.90. The van der Waals surface area contributed by atoms with Crippen molar-refractivity contribution in [2.24, 2.45) is 0 Å². The third-order valence-corrected chi connectivity index (χ3v) is 2.94. The summed E-state index contributed by atoms with van der Waals surface area (Å²) >= 11 is 0. The maximum atomic E-state index is 11.5. The molecule has 0 saturated carbocycles. The van der Waals surface area contributed by atoms with E-state index in [0.29, 0.717) is 32.6 Å². The van der Waals surface area contributed by atoms with E-state index >= 15 is 0 Å². The Bertz CT molecular complexity index is 518. The van der Waals surface area contributed by atoms with Crippen LogP contribution in [-0.4, -0.2) is 35.6 Å². The molecule has 0 spiro atoms. The number of benzene rings is 1. The highest BCUT2D eigenvalue weighted by Crippen LogP contribution is 2.10. The molecule has 108 valence electrons. The van der Waals surface area contributed by atoms with Crippen molar-refractivity contribution in [1.29, 1.82) is 0 Å². The van der Waals surface area contributed by atoms with Gasteiger partial charge in [-0.05, 0) is 18.6 Å². The van der Waals surface area contributed by atoms with Gasteiger partial charge in [0, 0.05) is 26.0 Å². The van der Waals surface area contributed by atoms with E-state index in [1.165, 1.54) is 0 Å². The first-order valence-electron chi connectivity index (χ1n) is 7.07. The van der Waals surface area contributed by atoms with Gasteiger partial charge in [0.05, 0.1) is 17.6 Å². The van der Waals surface area contributed by atoms with E-state index in [9.17, 15) is 4.79 Å². The Morgan fingerprint density at radius 2 is 2.20 bits per heavy atom. The molecule has 5 heteroatoms. The molecule has 0 bridgehead atoms. The summed E-state index contributed by atoms with van der Waals surface area (Å²) in [5.41, 5.74) is 1.99. The molecule has 2 N–H and O–H groups in total. The second-order valence-electron chi connectivity index (χ2n) is 4.66. The lowest BCUT2D eigenvalue weighted by Gasteiger charge is -2.04. The van der Waals surface area contributed by atoms with Gasteiger partial charge in [0.1, 0.15) is 5.82 Å². The number of hydrogen-bond acceptors (Lipinski definition) is 3. The Morgan fingerprint density at radius 1 is 1.35 bits per heavy atom. The van der Waals surface area contributed by atoms with Crippen LogP contribution in [0.2, 0.25) is 0 Å². The van der Waals surface area contributed by atoms with Gasteiger partial charge in [-0.2, -0.15) is 0 Å². The quantitative estimate of drug-likeness (QED) is 0.724. The van der Waals surface area contributed by atoms with Crippen LogP contribution in [0.25, 0.3) is 11.0 Å². The van der Waals surface area contributed by atoms with Crippen LogP contribution < -0.4 is 5.32 Å². The van der Waals surface area contributed by atoms with E-state index in [1.807, 2.05) is 31.2 Å². The number of H-pyrrole nitrogens is 1. The zero-order chi connectivity index (χ0) is 14.2. The number of hydrogen-bond donors (Lipinski definition) is 2. The minimum absolute atomic E-state index is 0.0252. The van der Waals surface area contributed by atoms with E-state index in [1.54, 1.807) is 0 Å². The van der Waals surface area contributed by atoms with Gasteiger partial charge in [-0.3, -0.25) is 4.79 Å². The highest BCUT2D eigenvalue weighted by atomic mass is 16.5. The number of amides is 1. The molecule has 0 saturated heterocycles. The Kier molecular flexibility index (Phi) is 5.55. The van der Waals surface area contributed by atoms with Crippen molar-refractivity contribution in [3.63, 3.8) is 0 Å². The summed E-state index contributed by atoms with van der Waals surface area (Å²) in [6.07, 6.45) is 2.10. The first kappa shape index (κ1) is 14.5. The number of rotatable bonds is 8. The average molecular weight is 275 g/mol. The second kappa shape index (κ2) is 7.65. The molecular formula is C15H21N3O2. The molecule has 0 aliphatic carbocycles. The number of ether oxygens (including phenoxy) is 1. The van der Waals surface area contributed by atoms with Gasteiger partial charge in [0.25, 0.3) is 0 Å².